The minimum absolute atomic E-state index is 0.220. The van der Waals surface area contributed by atoms with E-state index in [4.69, 9.17) is 9.47 Å². The zero-order valence-corrected chi connectivity index (χ0v) is 17.3. The second-order valence-corrected chi connectivity index (χ2v) is 7.03. The first-order valence-electron chi connectivity index (χ1n) is 9.20. The van der Waals surface area contributed by atoms with Gasteiger partial charge in [-0.3, -0.25) is 27.7 Å². The van der Waals surface area contributed by atoms with Crippen LogP contribution in [0.3, 0.4) is 0 Å². The van der Waals surface area contributed by atoms with E-state index in [0.29, 0.717) is 23.0 Å². The maximum atomic E-state index is 13.1. The van der Waals surface area contributed by atoms with Crippen molar-refractivity contribution in [2.75, 3.05) is 14.2 Å². The van der Waals surface area contributed by atoms with Crippen LogP contribution < -0.4 is 20.7 Å². The lowest BCUT2D eigenvalue weighted by atomic mass is 10.2. The number of aromatic nitrogens is 5. The van der Waals surface area contributed by atoms with Crippen LogP contribution >= 0.6 is 0 Å². The van der Waals surface area contributed by atoms with Crippen molar-refractivity contribution in [2.24, 2.45) is 7.05 Å². The van der Waals surface area contributed by atoms with Crippen LogP contribution in [0.4, 0.5) is 0 Å². The predicted molar refractivity (Wildman–Crippen MR) is 110 cm³/mol. The highest BCUT2D eigenvalue weighted by Crippen LogP contribution is 2.31. The number of rotatable bonds is 5. The Kier molecular flexibility index (Phi) is 4.49. The number of nitrogens with zero attached hydrogens (tertiary/aromatic N) is 5. The van der Waals surface area contributed by atoms with Gasteiger partial charge < -0.3 is 9.47 Å². The van der Waals surface area contributed by atoms with Gasteiger partial charge in [0.05, 0.1) is 26.5 Å². The van der Waals surface area contributed by atoms with Gasteiger partial charge in [-0.25, -0.2) is 4.79 Å². The van der Waals surface area contributed by atoms with Crippen molar-refractivity contribution in [3.8, 4) is 17.2 Å². The molecule has 156 valence electrons. The van der Waals surface area contributed by atoms with Crippen LogP contribution in [-0.2, 0) is 18.4 Å². The Balaban J connectivity index is 2.13. The van der Waals surface area contributed by atoms with E-state index in [-0.39, 0.29) is 23.5 Å². The number of carbonyl (C=O) groups is 1. The summed E-state index contributed by atoms with van der Waals surface area (Å²) in [5.74, 6) is 1.36. The fourth-order valence-corrected chi connectivity index (χ4v) is 3.64. The van der Waals surface area contributed by atoms with Gasteiger partial charge in [0.15, 0.2) is 11.2 Å². The molecule has 0 saturated heterocycles. The number of benzene rings is 1. The van der Waals surface area contributed by atoms with Crippen molar-refractivity contribution < 1.29 is 14.3 Å². The minimum atomic E-state index is -0.592. The molecule has 4 rings (SSSR count). The second kappa shape index (κ2) is 6.90. The summed E-state index contributed by atoms with van der Waals surface area (Å²) in [6, 6.07) is 5.37. The van der Waals surface area contributed by atoms with Gasteiger partial charge in [0.1, 0.15) is 17.3 Å². The molecule has 0 bridgehead atoms. The maximum Gasteiger partial charge on any atom is 0.332 e. The van der Waals surface area contributed by atoms with Crippen molar-refractivity contribution >= 4 is 22.7 Å². The number of hydrogen-bond acceptors (Lipinski definition) is 6. The molecule has 0 amide bonds. The summed E-state index contributed by atoms with van der Waals surface area (Å²) in [7, 11) is 4.66. The third-order valence-electron chi connectivity index (χ3n) is 5.03. The number of fused-ring (bicyclic) bond motifs is 3. The fourth-order valence-electron chi connectivity index (χ4n) is 3.64. The molecule has 0 spiro atoms. The molecule has 0 unspecified atom stereocenters. The van der Waals surface area contributed by atoms with E-state index >= 15 is 0 Å². The van der Waals surface area contributed by atoms with Crippen molar-refractivity contribution in [3.63, 3.8) is 0 Å². The maximum absolute atomic E-state index is 13.1. The summed E-state index contributed by atoms with van der Waals surface area (Å²) < 4.78 is 16.5. The Labute approximate surface area is 170 Å². The summed E-state index contributed by atoms with van der Waals surface area (Å²) >= 11 is 0. The monoisotopic (exact) mass is 411 g/mol. The van der Waals surface area contributed by atoms with Crippen molar-refractivity contribution in [1.82, 2.24) is 23.1 Å². The molecule has 0 saturated carbocycles. The second-order valence-electron chi connectivity index (χ2n) is 7.03. The molecule has 1 aromatic carbocycles. The summed E-state index contributed by atoms with van der Waals surface area (Å²) in [6.07, 6.45) is 1.76. The van der Waals surface area contributed by atoms with Crippen molar-refractivity contribution in [2.45, 2.75) is 20.4 Å². The van der Waals surface area contributed by atoms with Gasteiger partial charge in [-0.1, -0.05) is 0 Å². The van der Waals surface area contributed by atoms with Crippen LogP contribution in [0.2, 0.25) is 0 Å². The Morgan fingerprint density at radius 2 is 1.90 bits per heavy atom. The largest absolute Gasteiger partial charge is 0.497 e. The third kappa shape index (κ3) is 2.71. The van der Waals surface area contributed by atoms with Crippen molar-refractivity contribution in [1.29, 1.82) is 0 Å². The summed E-state index contributed by atoms with van der Waals surface area (Å²) in [4.78, 5) is 41.9. The molecule has 0 N–H and O–H groups in total. The molecule has 0 fully saturated rings. The Morgan fingerprint density at radius 1 is 1.17 bits per heavy atom. The first kappa shape index (κ1) is 19.5. The number of Topliss-reactive ketones (excluding diaryl/α,β-unsaturated/α-hetero) is 1. The molecule has 0 aliphatic rings. The summed E-state index contributed by atoms with van der Waals surface area (Å²) in [5, 5.41) is 0. The zero-order chi connectivity index (χ0) is 21.7. The lowest BCUT2D eigenvalue weighted by Crippen LogP contribution is -2.40. The van der Waals surface area contributed by atoms with Crippen LogP contribution in [0.15, 0.2) is 34.0 Å². The number of ketones is 1. The van der Waals surface area contributed by atoms with E-state index in [0.717, 1.165) is 10.3 Å². The van der Waals surface area contributed by atoms with Crippen LogP contribution in [0.5, 0.6) is 11.5 Å². The van der Waals surface area contributed by atoms with E-state index in [1.165, 1.54) is 18.5 Å². The van der Waals surface area contributed by atoms with E-state index < -0.39 is 11.2 Å². The molecule has 0 aliphatic carbocycles. The molecule has 0 atom stereocenters. The average molecular weight is 411 g/mol. The number of hydrogen-bond donors (Lipinski definition) is 0. The number of imidazole rings is 2. The molecule has 10 nitrogen and oxygen atoms in total. The average Bonchev–Trinajstić information content (AvgIpc) is 3.23. The van der Waals surface area contributed by atoms with E-state index in [2.05, 4.69) is 4.98 Å². The van der Waals surface area contributed by atoms with Crippen LogP contribution in [0, 0.1) is 6.92 Å². The van der Waals surface area contributed by atoms with Gasteiger partial charge in [-0.15, -0.1) is 0 Å². The van der Waals surface area contributed by atoms with Crippen LogP contribution in [0.25, 0.3) is 22.6 Å². The number of aryl methyl sites for hydroxylation is 2. The number of methoxy groups -OCH3 is 2. The molecular formula is C20H21N5O5. The SMILES string of the molecule is COc1ccc(OC)c(-n2c(C)cn3c4c(=O)n(CC(C)=O)c(=O)n(C)c4nc23)c1. The standard InChI is InChI=1S/C20H21N5O5/c1-11-9-23-16-17(22(3)20(28)24(18(16)27)10-12(2)26)21-19(23)25(11)14-8-13(29-4)6-7-15(14)30-5/h6-9H,10H2,1-5H3. The van der Waals surface area contributed by atoms with Gasteiger partial charge in [-0.2, -0.15) is 4.98 Å². The van der Waals surface area contributed by atoms with Gasteiger partial charge in [0.25, 0.3) is 5.56 Å². The molecular weight excluding hydrogens is 390 g/mol. The Bertz CT molecular complexity index is 1440. The number of ether oxygens (including phenoxy) is 2. The first-order chi connectivity index (χ1) is 14.3. The highest BCUT2D eigenvalue weighted by molar-refractivity contribution is 5.78. The van der Waals surface area contributed by atoms with Crippen molar-refractivity contribution in [3.05, 3.63) is 50.9 Å². The number of carbonyl (C=O) groups excluding carboxylic acids is 1. The van der Waals surface area contributed by atoms with E-state index in [1.54, 1.807) is 43.0 Å². The van der Waals surface area contributed by atoms with Crippen LogP contribution in [-0.4, -0.2) is 43.1 Å². The third-order valence-corrected chi connectivity index (χ3v) is 5.03. The Morgan fingerprint density at radius 3 is 2.53 bits per heavy atom. The Hall–Kier alpha value is -3.82. The fraction of sp³-hybridized carbons (Fsp3) is 0.300. The van der Waals surface area contributed by atoms with E-state index in [1.807, 2.05) is 11.5 Å². The summed E-state index contributed by atoms with van der Waals surface area (Å²) in [5.41, 5.74) is 0.759. The molecule has 0 aliphatic heterocycles. The topological polar surface area (TPSA) is 102 Å². The zero-order valence-electron chi connectivity index (χ0n) is 17.3. The van der Waals surface area contributed by atoms with Gasteiger partial charge in [0.2, 0.25) is 5.78 Å². The molecule has 3 heterocycles. The highest BCUT2D eigenvalue weighted by Gasteiger charge is 2.22. The molecule has 4 aromatic rings. The highest BCUT2D eigenvalue weighted by atomic mass is 16.5. The van der Waals surface area contributed by atoms with Gasteiger partial charge in [0, 0.05) is 25.0 Å². The lowest BCUT2D eigenvalue weighted by Gasteiger charge is -2.12. The summed E-state index contributed by atoms with van der Waals surface area (Å²) in [6.45, 7) is 2.91. The normalized spacial score (nSPS) is 11.4. The first-order valence-corrected chi connectivity index (χ1v) is 9.20. The van der Waals surface area contributed by atoms with Crippen LogP contribution in [0.1, 0.15) is 12.6 Å². The van der Waals surface area contributed by atoms with E-state index in [9.17, 15) is 14.4 Å². The molecule has 0 radical (unpaired) electrons. The van der Waals surface area contributed by atoms with Gasteiger partial charge in [-0.05, 0) is 26.0 Å². The quantitative estimate of drug-likeness (QED) is 0.487. The molecule has 3 aromatic heterocycles. The predicted octanol–water partition coefficient (Wildman–Crippen LogP) is 1.05. The minimum Gasteiger partial charge on any atom is -0.497 e. The smallest absolute Gasteiger partial charge is 0.332 e. The van der Waals surface area contributed by atoms with Gasteiger partial charge >= 0.3 is 5.69 Å². The molecule has 10 heteroatoms. The molecule has 30 heavy (non-hydrogen) atoms. The lowest BCUT2D eigenvalue weighted by molar-refractivity contribution is -0.117.